The van der Waals surface area contributed by atoms with Gasteiger partial charge in [0.25, 0.3) is 5.56 Å². The molecule has 5 rings (SSSR count). The van der Waals surface area contributed by atoms with E-state index < -0.39 is 0 Å². The van der Waals surface area contributed by atoms with Crippen LogP contribution in [0.2, 0.25) is 0 Å². The van der Waals surface area contributed by atoms with Gasteiger partial charge in [0, 0.05) is 57.2 Å². The molecule has 0 bridgehead atoms. The molecule has 1 fully saturated rings. The number of hydrogen-bond donors (Lipinski definition) is 1. The Bertz CT molecular complexity index is 1120. The summed E-state index contributed by atoms with van der Waals surface area (Å²) in [5.41, 5.74) is 2.22. The predicted molar refractivity (Wildman–Crippen MR) is 121 cm³/mol. The summed E-state index contributed by atoms with van der Waals surface area (Å²) in [6.45, 7) is 6.97. The number of likely N-dealkylation sites (N-methyl/N-ethyl adjacent to an activating group) is 1. The number of para-hydroxylation sites is 2. The first kappa shape index (κ1) is 19.5. The van der Waals surface area contributed by atoms with Crippen molar-refractivity contribution >= 4 is 27.2 Å². The molecule has 30 heavy (non-hydrogen) atoms. The van der Waals surface area contributed by atoms with Crippen molar-refractivity contribution in [3.8, 4) is 5.75 Å². The van der Waals surface area contributed by atoms with Crippen molar-refractivity contribution < 1.29 is 5.11 Å². The molecular weight excluding hydrogens is 398 g/mol. The van der Waals surface area contributed by atoms with Crippen LogP contribution in [-0.4, -0.2) is 70.8 Å². The van der Waals surface area contributed by atoms with E-state index in [9.17, 15) is 9.90 Å². The molecule has 4 heterocycles. The van der Waals surface area contributed by atoms with E-state index in [1.54, 1.807) is 28.3 Å². The second-order valence-corrected chi connectivity index (χ2v) is 9.32. The normalized spacial score (nSPS) is 18.1. The van der Waals surface area contributed by atoms with Gasteiger partial charge in [-0.05, 0) is 31.2 Å². The lowest BCUT2D eigenvalue weighted by Crippen LogP contribution is -2.47. The Morgan fingerprint density at radius 1 is 1.10 bits per heavy atom. The number of hydrogen-bond acceptors (Lipinski definition) is 7. The van der Waals surface area contributed by atoms with Crippen LogP contribution in [0, 0.1) is 0 Å². The number of fused-ring (bicyclic) bond motifs is 3. The smallest absolute Gasteiger partial charge is 0.262 e. The minimum absolute atomic E-state index is 0.106. The highest BCUT2D eigenvalue weighted by molar-refractivity contribution is 7.18. The Hall–Kier alpha value is -2.42. The van der Waals surface area contributed by atoms with Crippen LogP contribution >= 0.6 is 11.3 Å². The zero-order valence-electron chi connectivity index (χ0n) is 17.3. The second-order valence-electron chi connectivity index (χ2n) is 8.23. The largest absolute Gasteiger partial charge is 0.506 e. The lowest BCUT2D eigenvalue weighted by molar-refractivity contribution is 0.246. The van der Waals surface area contributed by atoms with Crippen LogP contribution in [0.15, 0.2) is 35.4 Å². The number of benzene rings is 1. The Balaban J connectivity index is 1.26. The number of thiophene rings is 1. The van der Waals surface area contributed by atoms with Crippen LogP contribution in [0.5, 0.6) is 5.75 Å². The minimum Gasteiger partial charge on any atom is -0.506 e. The van der Waals surface area contributed by atoms with Crippen molar-refractivity contribution in [1.29, 1.82) is 0 Å². The summed E-state index contributed by atoms with van der Waals surface area (Å²) in [5, 5.41) is 10.9. The third-order valence-corrected chi connectivity index (χ3v) is 7.39. The topological polar surface area (TPSA) is 64.8 Å². The Morgan fingerprint density at radius 2 is 1.90 bits per heavy atom. The number of aromatic nitrogens is 2. The van der Waals surface area contributed by atoms with Crippen molar-refractivity contribution in [3.63, 3.8) is 0 Å². The summed E-state index contributed by atoms with van der Waals surface area (Å²) in [6.07, 6.45) is 2.65. The minimum atomic E-state index is 0.106. The van der Waals surface area contributed by atoms with Gasteiger partial charge < -0.3 is 14.9 Å². The van der Waals surface area contributed by atoms with E-state index in [2.05, 4.69) is 26.7 Å². The number of aromatic hydroxyl groups is 1. The molecule has 3 aromatic rings. The lowest BCUT2D eigenvalue weighted by atomic mass is 10.1. The molecule has 0 aliphatic carbocycles. The third kappa shape index (κ3) is 3.59. The lowest BCUT2D eigenvalue weighted by Gasteiger charge is -2.36. The second kappa shape index (κ2) is 8.02. The SMILES string of the molecule is CN1CCc2c(sc3ncn(CCN4CCN(c5ccccc5O)CC4)c(=O)c23)C1. The van der Waals surface area contributed by atoms with Gasteiger partial charge in [0.2, 0.25) is 0 Å². The van der Waals surface area contributed by atoms with Gasteiger partial charge in [0.1, 0.15) is 10.6 Å². The van der Waals surface area contributed by atoms with Crippen LogP contribution in [0.3, 0.4) is 0 Å². The van der Waals surface area contributed by atoms with Gasteiger partial charge >= 0.3 is 0 Å². The molecule has 0 amide bonds. The van der Waals surface area contributed by atoms with E-state index in [4.69, 9.17) is 0 Å². The molecule has 2 aliphatic heterocycles. The van der Waals surface area contributed by atoms with E-state index in [1.807, 2.05) is 18.2 Å². The van der Waals surface area contributed by atoms with E-state index in [-0.39, 0.29) is 5.56 Å². The third-order valence-electron chi connectivity index (χ3n) is 6.27. The van der Waals surface area contributed by atoms with E-state index in [0.29, 0.717) is 12.3 Å². The number of phenols is 1. The van der Waals surface area contributed by atoms with Gasteiger partial charge in [0.15, 0.2) is 0 Å². The van der Waals surface area contributed by atoms with E-state index in [0.717, 1.165) is 68.1 Å². The van der Waals surface area contributed by atoms with E-state index >= 15 is 0 Å². The molecule has 8 heteroatoms. The molecule has 7 nitrogen and oxygen atoms in total. The highest BCUT2D eigenvalue weighted by Gasteiger charge is 2.23. The maximum Gasteiger partial charge on any atom is 0.262 e. The van der Waals surface area contributed by atoms with Gasteiger partial charge in [-0.3, -0.25) is 14.3 Å². The van der Waals surface area contributed by atoms with Crippen molar-refractivity contribution in [2.45, 2.75) is 19.5 Å². The molecule has 1 aromatic carbocycles. The first-order valence-electron chi connectivity index (χ1n) is 10.5. The molecule has 2 aliphatic rings. The number of nitrogens with zero attached hydrogens (tertiary/aromatic N) is 5. The highest BCUT2D eigenvalue weighted by Crippen LogP contribution is 2.31. The quantitative estimate of drug-likeness (QED) is 0.690. The van der Waals surface area contributed by atoms with Gasteiger partial charge in [-0.1, -0.05) is 12.1 Å². The van der Waals surface area contributed by atoms with Gasteiger partial charge in [-0.2, -0.15) is 0 Å². The molecular formula is C22H27N5O2S. The average Bonchev–Trinajstić information content (AvgIpc) is 3.12. The highest BCUT2D eigenvalue weighted by atomic mass is 32.1. The fourth-order valence-corrected chi connectivity index (χ4v) is 5.76. The first-order chi connectivity index (χ1) is 14.6. The number of anilines is 1. The zero-order chi connectivity index (χ0) is 20.7. The molecule has 2 aromatic heterocycles. The Morgan fingerprint density at radius 3 is 2.70 bits per heavy atom. The number of piperazine rings is 1. The molecule has 0 saturated carbocycles. The summed E-state index contributed by atoms with van der Waals surface area (Å²) in [6, 6.07) is 7.50. The van der Waals surface area contributed by atoms with Gasteiger partial charge in [-0.25, -0.2) is 4.98 Å². The van der Waals surface area contributed by atoms with Crippen LogP contribution in [0.4, 0.5) is 5.69 Å². The predicted octanol–water partition coefficient (Wildman–Crippen LogP) is 1.97. The Kier molecular flexibility index (Phi) is 5.22. The summed E-state index contributed by atoms with van der Waals surface area (Å²) in [5.74, 6) is 0.335. The van der Waals surface area contributed by atoms with Crippen LogP contribution in [0.1, 0.15) is 10.4 Å². The van der Waals surface area contributed by atoms with Gasteiger partial charge in [0.05, 0.1) is 17.4 Å². The standard InChI is InChI=1S/C22H27N5O2S/c1-24-7-6-16-19(14-24)30-21-20(16)22(29)27(15-23-21)13-10-25-8-11-26(12-9-25)17-4-2-3-5-18(17)28/h2-5,15,28H,6-14H2,1H3. The van der Waals surface area contributed by atoms with Crippen molar-refractivity contribution in [2.75, 3.05) is 51.2 Å². The number of rotatable bonds is 4. The zero-order valence-corrected chi connectivity index (χ0v) is 18.1. The fourth-order valence-electron chi connectivity index (χ4n) is 4.50. The maximum absolute atomic E-state index is 13.2. The Labute approximate surface area is 179 Å². The maximum atomic E-state index is 13.2. The van der Waals surface area contributed by atoms with E-state index in [1.165, 1.54) is 10.4 Å². The summed E-state index contributed by atoms with van der Waals surface area (Å²) >= 11 is 1.67. The molecule has 0 spiro atoms. The van der Waals surface area contributed by atoms with Crippen LogP contribution < -0.4 is 10.5 Å². The molecule has 158 valence electrons. The monoisotopic (exact) mass is 425 g/mol. The van der Waals surface area contributed by atoms with Crippen LogP contribution in [-0.2, 0) is 19.5 Å². The summed E-state index contributed by atoms with van der Waals surface area (Å²) < 4.78 is 1.78. The first-order valence-corrected chi connectivity index (χ1v) is 11.4. The number of phenolic OH excluding ortho intramolecular Hbond substituents is 1. The summed E-state index contributed by atoms with van der Waals surface area (Å²) in [4.78, 5) is 26.8. The molecule has 0 radical (unpaired) electrons. The molecule has 1 N–H and O–H groups in total. The fraction of sp³-hybridized carbons (Fsp3) is 0.455. The van der Waals surface area contributed by atoms with Gasteiger partial charge in [-0.15, -0.1) is 11.3 Å². The van der Waals surface area contributed by atoms with Crippen molar-refractivity contribution in [2.24, 2.45) is 0 Å². The summed E-state index contributed by atoms with van der Waals surface area (Å²) in [7, 11) is 2.12. The molecule has 1 saturated heterocycles. The van der Waals surface area contributed by atoms with Crippen LogP contribution in [0.25, 0.3) is 10.2 Å². The van der Waals surface area contributed by atoms with Crippen molar-refractivity contribution in [3.05, 3.63) is 51.4 Å². The molecule has 0 unspecified atom stereocenters. The average molecular weight is 426 g/mol. The van der Waals surface area contributed by atoms with Crippen molar-refractivity contribution in [1.82, 2.24) is 19.4 Å². The molecule has 0 atom stereocenters.